The summed E-state index contributed by atoms with van der Waals surface area (Å²) in [5, 5.41) is 0.898. The van der Waals surface area contributed by atoms with Crippen LogP contribution in [0, 0.1) is 5.92 Å². The lowest BCUT2D eigenvalue weighted by molar-refractivity contribution is 0.857. The Labute approximate surface area is 84.2 Å². The minimum absolute atomic E-state index is 0.571. The van der Waals surface area contributed by atoms with Crippen LogP contribution in [0.5, 0.6) is 0 Å². The average Bonchev–Trinajstić information content (AvgIpc) is 2.49. The molecule has 0 aromatic heterocycles. The number of hydrogen-bond acceptors (Lipinski definition) is 0. The Hall–Kier alpha value is -0.750. The number of fused-ring (bicyclic) bond motifs is 1. The van der Waals surface area contributed by atoms with Crippen molar-refractivity contribution in [2.75, 3.05) is 0 Å². The molecule has 1 aromatic carbocycles. The van der Waals surface area contributed by atoms with Crippen molar-refractivity contribution < 1.29 is 0 Å². The second kappa shape index (κ2) is 3.19. The largest absolute Gasteiger partial charge is 0.0837 e. The maximum atomic E-state index is 6.17. The van der Waals surface area contributed by atoms with Gasteiger partial charge in [0, 0.05) is 5.02 Å². The van der Waals surface area contributed by atoms with E-state index in [2.05, 4.69) is 26.0 Å². The minimum Gasteiger partial charge on any atom is -0.0837 e. The van der Waals surface area contributed by atoms with Gasteiger partial charge in [0.2, 0.25) is 0 Å². The summed E-state index contributed by atoms with van der Waals surface area (Å²) in [5.74, 6) is 0.571. The van der Waals surface area contributed by atoms with Crippen molar-refractivity contribution in [3.05, 3.63) is 40.4 Å². The quantitative estimate of drug-likeness (QED) is 0.633. The highest BCUT2D eigenvalue weighted by molar-refractivity contribution is 6.32. The molecule has 1 aliphatic rings. The van der Waals surface area contributed by atoms with E-state index in [-0.39, 0.29) is 0 Å². The molecule has 68 valence electrons. The summed E-state index contributed by atoms with van der Waals surface area (Å²) in [6, 6.07) is 6.16. The molecule has 2 rings (SSSR count). The van der Waals surface area contributed by atoms with Crippen LogP contribution in [0.2, 0.25) is 5.02 Å². The van der Waals surface area contributed by atoms with Crippen molar-refractivity contribution in [1.29, 1.82) is 0 Å². The van der Waals surface area contributed by atoms with E-state index in [1.807, 2.05) is 12.1 Å². The summed E-state index contributed by atoms with van der Waals surface area (Å²) in [4.78, 5) is 0. The Morgan fingerprint density at radius 3 is 2.77 bits per heavy atom. The fourth-order valence-electron chi connectivity index (χ4n) is 1.91. The maximum absolute atomic E-state index is 6.17. The number of hydrogen-bond donors (Lipinski definition) is 0. The molecule has 0 heterocycles. The summed E-state index contributed by atoms with van der Waals surface area (Å²) in [6.07, 6.45) is 3.34. The molecule has 0 bridgehead atoms. The molecule has 0 aliphatic heterocycles. The van der Waals surface area contributed by atoms with Crippen LogP contribution in [0.1, 0.15) is 25.0 Å². The van der Waals surface area contributed by atoms with Crippen LogP contribution in [0.3, 0.4) is 0 Å². The molecule has 1 aromatic rings. The zero-order valence-corrected chi connectivity index (χ0v) is 8.73. The van der Waals surface area contributed by atoms with Crippen molar-refractivity contribution in [3.8, 4) is 0 Å². The number of allylic oxidation sites excluding steroid dienone is 2. The molecule has 1 aliphatic carbocycles. The van der Waals surface area contributed by atoms with Crippen LogP contribution in [0.25, 0.3) is 5.57 Å². The predicted molar refractivity (Wildman–Crippen MR) is 58.0 cm³/mol. The fourth-order valence-corrected chi connectivity index (χ4v) is 2.21. The monoisotopic (exact) mass is 192 g/mol. The van der Waals surface area contributed by atoms with E-state index < -0.39 is 0 Å². The van der Waals surface area contributed by atoms with Gasteiger partial charge in [-0.05, 0) is 35.1 Å². The molecule has 0 radical (unpaired) electrons. The Bertz CT molecular complexity index is 361. The summed E-state index contributed by atoms with van der Waals surface area (Å²) in [7, 11) is 0. The van der Waals surface area contributed by atoms with Gasteiger partial charge in [0.25, 0.3) is 0 Å². The first-order chi connectivity index (χ1) is 6.20. The zero-order valence-electron chi connectivity index (χ0n) is 7.97. The van der Waals surface area contributed by atoms with Crippen molar-refractivity contribution in [1.82, 2.24) is 0 Å². The molecule has 0 nitrogen and oxygen atoms in total. The average molecular weight is 193 g/mol. The van der Waals surface area contributed by atoms with Gasteiger partial charge >= 0.3 is 0 Å². The molecule has 0 atom stereocenters. The van der Waals surface area contributed by atoms with Gasteiger partial charge in [-0.3, -0.25) is 0 Å². The van der Waals surface area contributed by atoms with Gasteiger partial charge in [0.05, 0.1) is 0 Å². The molecular weight excluding hydrogens is 180 g/mol. The molecule has 1 heteroatoms. The number of halogens is 1. The van der Waals surface area contributed by atoms with Gasteiger partial charge in [-0.1, -0.05) is 43.7 Å². The molecule has 0 amide bonds. The lowest BCUT2D eigenvalue weighted by atomic mass is 9.97. The second-order valence-electron chi connectivity index (χ2n) is 3.79. The van der Waals surface area contributed by atoms with Crippen LogP contribution in [0.15, 0.2) is 24.3 Å². The van der Waals surface area contributed by atoms with E-state index in [0.717, 1.165) is 11.4 Å². The maximum Gasteiger partial charge on any atom is 0.0484 e. The summed E-state index contributed by atoms with van der Waals surface area (Å²) in [6.45, 7) is 4.43. The van der Waals surface area contributed by atoms with Gasteiger partial charge in [-0.25, -0.2) is 0 Å². The molecule has 0 unspecified atom stereocenters. The SMILES string of the molecule is CC(C)C1=CCc2cccc(Cl)c21. The number of benzene rings is 1. The van der Waals surface area contributed by atoms with Crippen LogP contribution < -0.4 is 0 Å². The molecule has 0 fully saturated rings. The third-order valence-corrected chi connectivity index (χ3v) is 2.87. The first-order valence-corrected chi connectivity index (χ1v) is 5.05. The third kappa shape index (κ3) is 1.40. The van der Waals surface area contributed by atoms with Gasteiger partial charge in [0.15, 0.2) is 0 Å². The lowest BCUT2D eigenvalue weighted by Gasteiger charge is -2.10. The van der Waals surface area contributed by atoms with Gasteiger partial charge in [-0.2, -0.15) is 0 Å². The van der Waals surface area contributed by atoms with E-state index in [1.165, 1.54) is 16.7 Å². The molecular formula is C12H13Cl. The fraction of sp³-hybridized carbons (Fsp3) is 0.333. The second-order valence-corrected chi connectivity index (χ2v) is 4.20. The van der Waals surface area contributed by atoms with Crippen molar-refractivity contribution in [2.24, 2.45) is 5.92 Å². The third-order valence-electron chi connectivity index (χ3n) is 2.55. The van der Waals surface area contributed by atoms with E-state index in [0.29, 0.717) is 5.92 Å². The standard InChI is InChI=1S/C12H13Cl/c1-8(2)10-7-6-9-4-3-5-11(13)12(9)10/h3-5,7-8H,6H2,1-2H3. The van der Waals surface area contributed by atoms with E-state index >= 15 is 0 Å². The highest BCUT2D eigenvalue weighted by atomic mass is 35.5. The van der Waals surface area contributed by atoms with E-state index in [4.69, 9.17) is 11.6 Å². The van der Waals surface area contributed by atoms with Gasteiger partial charge in [0.1, 0.15) is 0 Å². The number of rotatable bonds is 1. The normalized spacial score (nSPS) is 14.6. The first kappa shape index (κ1) is 8.83. The van der Waals surface area contributed by atoms with Crippen LogP contribution in [-0.4, -0.2) is 0 Å². The van der Waals surface area contributed by atoms with Crippen LogP contribution in [0.4, 0.5) is 0 Å². The highest BCUT2D eigenvalue weighted by Gasteiger charge is 2.18. The zero-order chi connectivity index (χ0) is 9.42. The lowest BCUT2D eigenvalue weighted by Crippen LogP contribution is -1.92. The van der Waals surface area contributed by atoms with E-state index in [1.54, 1.807) is 0 Å². The van der Waals surface area contributed by atoms with Crippen LogP contribution >= 0.6 is 11.6 Å². The Kier molecular flexibility index (Phi) is 2.17. The van der Waals surface area contributed by atoms with Gasteiger partial charge in [-0.15, -0.1) is 0 Å². The Morgan fingerprint density at radius 1 is 1.31 bits per heavy atom. The molecule has 0 N–H and O–H groups in total. The highest BCUT2D eigenvalue weighted by Crippen LogP contribution is 2.37. The van der Waals surface area contributed by atoms with Crippen LogP contribution in [-0.2, 0) is 6.42 Å². The van der Waals surface area contributed by atoms with Crippen molar-refractivity contribution in [3.63, 3.8) is 0 Å². The molecule has 0 saturated heterocycles. The molecule has 0 spiro atoms. The Morgan fingerprint density at radius 2 is 2.08 bits per heavy atom. The minimum atomic E-state index is 0.571. The van der Waals surface area contributed by atoms with Crippen molar-refractivity contribution >= 4 is 17.2 Å². The van der Waals surface area contributed by atoms with E-state index in [9.17, 15) is 0 Å². The summed E-state index contributed by atoms with van der Waals surface area (Å²) < 4.78 is 0. The molecule has 0 saturated carbocycles. The smallest absolute Gasteiger partial charge is 0.0484 e. The predicted octanol–water partition coefficient (Wildman–Crippen LogP) is 3.94. The Balaban J connectivity index is 2.54. The summed E-state index contributed by atoms with van der Waals surface area (Å²) in [5.41, 5.74) is 4.05. The van der Waals surface area contributed by atoms with Crippen molar-refractivity contribution in [2.45, 2.75) is 20.3 Å². The molecule has 13 heavy (non-hydrogen) atoms. The summed E-state index contributed by atoms with van der Waals surface area (Å²) >= 11 is 6.17. The first-order valence-electron chi connectivity index (χ1n) is 4.68. The van der Waals surface area contributed by atoms with Gasteiger partial charge < -0.3 is 0 Å². The topological polar surface area (TPSA) is 0 Å².